The Morgan fingerprint density at radius 1 is 1.27 bits per heavy atom. The molecule has 0 radical (unpaired) electrons. The molecule has 4 N–H and O–H groups in total. The highest BCUT2D eigenvalue weighted by Crippen LogP contribution is 2.11. The molecule has 0 fully saturated rings. The summed E-state index contributed by atoms with van der Waals surface area (Å²) < 4.78 is 10.5. The fraction of sp³-hybridized carbons (Fsp3) is 0.455. The molecule has 15 heavy (non-hydrogen) atoms. The van der Waals surface area contributed by atoms with Crippen LogP contribution in [0.25, 0.3) is 0 Å². The molecular formula is C11H18N2O2. The Morgan fingerprint density at radius 3 is 2.47 bits per heavy atom. The van der Waals surface area contributed by atoms with Crippen molar-refractivity contribution >= 4 is 0 Å². The van der Waals surface area contributed by atoms with Crippen LogP contribution in [-0.2, 0) is 11.3 Å². The number of methoxy groups -OCH3 is 1. The molecule has 1 atom stereocenters. The minimum absolute atomic E-state index is 0.0803. The standard InChI is InChI=1S/C11H18N2O2/c1-14-11-4-2-9(3-5-11)7-15-8-10(13)6-12/h2-5,10H,6-8,12-13H2,1H3/t10-/m0/s1. The van der Waals surface area contributed by atoms with Crippen LogP contribution in [0.3, 0.4) is 0 Å². The number of benzene rings is 1. The summed E-state index contributed by atoms with van der Waals surface area (Å²) in [6, 6.07) is 7.66. The molecule has 4 heteroatoms. The summed E-state index contributed by atoms with van der Waals surface area (Å²) in [4.78, 5) is 0. The van der Waals surface area contributed by atoms with Crippen molar-refractivity contribution in [1.82, 2.24) is 0 Å². The third-order valence-electron chi connectivity index (χ3n) is 2.06. The van der Waals surface area contributed by atoms with Crippen LogP contribution in [0.4, 0.5) is 0 Å². The number of nitrogens with two attached hydrogens (primary N) is 2. The Hall–Kier alpha value is -1.10. The van der Waals surface area contributed by atoms with E-state index in [2.05, 4.69) is 0 Å². The van der Waals surface area contributed by atoms with E-state index in [0.29, 0.717) is 19.8 Å². The Morgan fingerprint density at radius 2 is 1.93 bits per heavy atom. The first kappa shape index (κ1) is 12.0. The maximum absolute atomic E-state index is 5.61. The normalized spacial score (nSPS) is 12.5. The molecule has 1 aromatic rings. The van der Waals surface area contributed by atoms with Crippen molar-refractivity contribution < 1.29 is 9.47 Å². The van der Waals surface area contributed by atoms with Gasteiger partial charge in [-0.25, -0.2) is 0 Å². The molecule has 0 saturated carbocycles. The molecule has 0 heterocycles. The molecule has 0 aliphatic heterocycles. The number of ether oxygens (including phenoxy) is 2. The third-order valence-corrected chi connectivity index (χ3v) is 2.06. The van der Waals surface area contributed by atoms with Crippen LogP contribution >= 0.6 is 0 Å². The first-order chi connectivity index (χ1) is 7.26. The average molecular weight is 210 g/mol. The van der Waals surface area contributed by atoms with E-state index in [1.165, 1.54) is 0 Å². The molecule has 0 bridgehead atoms. The molecular weight excluding hydrogens is 192 g/mol. The zero-order valence-electron chi connectivity index (χ0n) is 8.98. The highest BCUT2D eigenvalue weighted by atomic mass is 16.5. The van der Waals surface area contributed by atoms with Gasteiger partial charge in [0.25, 0.3) is 0 Å². The molecule has 0 spiro atoms. The van der Waals surface area contributed by atoms with Crippen LogP contribution in [0.5, 0.6) is 5.75 Å². The molecule has 0 amide bonds. The van der Waals surface area contributed by atoms with Crippen LogP contribution in [0.2, 0.25) is 0 Å². The predicted octanol–water partition coefficient (Wildman–Crippen LogP) is 0.498. The number of rotatable bonds is 6. The van der Waals surface area contributed by atoms with E-state index < -0.39 is 0 Å². The zero-order chi connectivity index (χ0) is 11.1. The van der Waals surface area contributed by atoms with Gasteiger partial charge in [-0.3, -0.25) is 0 Å². The van der Waals surface area contributed by atoms with Crippen LogP contribution in [-0.4, -0.2) is 26.3 Å². The highest BCUT2D eigenvalue weighted by Gasteiger charge is 1.99. The Kier molecular flexibility index (Phi) is 5.10. The Balaban J connectivity index is 2.31. The molecule has 4 nitrogen and oxygen atoms in total. The minimum Gasteiger partial charge on any atom is -0.497 e. The molecule has 0 aliphatic carbocycles. The van der Waals surface area contributed by atoms with E-state index in [4.69, 9.17) is 20.9 Å². The van der Waals surface area contributed by atoms with E-state index in [1.54, 1.807) is 7.11 Å². The lowest BCUT2D eigenvalue weighted by molar-refractivity contribution is 0.109. The zero-order valence-corrected chi connectivity index (χ0v) is 8.98. The number of hydrogen-bond donors (Lipinski definition) is 2. The fourth-order valence-electron chi connectivity index (χ4n) is 1.12. The van der Waals surface area contributed by atoms with E-state index >= 15 is 0 Å². The van der Waals surface area contributed by atoms with Gasteiger partial charge in [-0.05, 0) is 17.7 Å². The van der Waals surface area contributed by atoms with Crippen molar-refractivity contribution in [3.63, 3.8) is 0 Å². The lowest BCUT2D eigenvalue weighted by Crippen LogP contribution is -2.34. The van der Waals surface area contributed by atoms with Crippen LogP contribution in [0.15, 0.2) is 24.3 Å². The summed E-state index contributed by atoms with van der Waals surface area (Å²) in [5.74, 6) is 0.845. The van der Waals surface area contributed by atoms with Gasteiger partial charge in [0.05, 0.1) is 20.3 Å². The van der Waals surface area contributed by atoms with Crippen molar-refractivity contribution in [1.29, 1.82) is 0 Å². The summed E-state index contributed by atoms with van der Waals surface area (Å²) in [5, 5.41) is 0. The van der Waals surface area contributed by atoms with E-state index in [0.717, 1.165) is 11.3 Å². The molecule has 84 valence electrons. The minimum atomic E-state index is -0.0803. The van der Waals surface area contributed by atoms with Gasteiger partial charge in [0, 0.05) is 12.6 Å². The Bertz CT molecular complexity index is 274. The van der Waals surface area contributed by atoms with E-state index in [-0.39, 0.29) is 6.04 Å². The summed E-state index contributed by atoms with van der Waals surface area (Å²) in [6.07, 6.45) is 0. The summed E-state index contributed by atoms with van der Waals surface area (Å²) in [6.45, 7) is 1.49. The van der Waals surface area contributed by atoms with Crippen molar-refractivity contribution in [3.05, 3.63) is 29.8 Å². The lowest BCUT2D eigenvalue weighted by atomic mass is 10.2. The monoisotopic (exact) mass is 210 g/mol. The van der Waals surface area contributed by atoms with Gasteiger partial charge >= 0.3 is 0 Å². The van der Waals surface area contributed by atoms with Crippen molar-refractivity contribution in [2.24, 2.45) is 11.5 Å². The first-order valence-electron chi connectivity index (χ1n) is 4.92. The number of hydrogen-bond acceptors (Lipinski definition) is 4. The SMILES string of the molecule is COc1ccc(COC[C@@H](N)CN)cc1. The summed E-state index contributed by atoms with van der Waals surface area (Å²) in [5.41, 5.74) is 12.1. The maximum Gasteiger partial charge on any atom is 0.118 e. The van der Waals surface area contributed by atoms with Crippen LogP contribution in [0, 0.1) is 0 Å². The topological polar surface area (TPSA) is 70.5 Å². The smallest absolute Gasteiger partial charge is 0.118 e. The maximum atomic E-state index is 5.61. The van der Waals surface area contributed by atoms with E-state index in [1.807, 2.05) is 24.3 Å². The van der Waals surface area contributed by atoms with Gasteiger partial charge in [0.2, 0.25) is 0 Å². The van der Waals surface area contributed by atoms with Crippen molar-refractivity contribution in [2.75, 3.05) is 20.3 Å². The molecule has 1 aromatic carbocycles. The van der Waals surface area contributed by atoms with Gasteiger partial charge in [0.1, 0.15) is 5.75 Å². The van der Waals surface area contributed by atoms with Gasteiger partial charge in [-0.15, -0.1) is 0 Å². The van der Waals surface area contributed by atoms with Gasteiger partial charge in [0.15, 0.2) is 0 Å². The third kappa shape index (κ3) is 4.29. The molecule has 1 rings (SSSR count). The van der Waals surface area contributed by atoms with Crippen molar-refractivity contribution in [3.8, 4) is 5.75 Å². The van der Waals surface area contributed by atoms with Crippen LogP contribution in [0.1, 0.15) is 5.56 Å². The second-order valence-electron chi connectivity index (χ2n) is 3.36. The predicted molar refractivity (Wildman–Crippen MR) is 59.7 cm³/mol. The van der Waals surface area contributed by atoms with Gasteiger partial charge < -0.3 is 20.9 Å². The summed E-state index contributed by atoms with van der Waals surface area (Å²) in [7, 11) is 1.64. The first-order valence-corrected chi connectivity index (χ1v) is 4.92. The highest BCUT2D eigenvalue weighted by molar-refractivity contribution is 5.26. The van der Waals surface area contributed by atoms with Crippen molar-refractivity contribution in [2.45, 2.75) is 12.6 Å². The largest absolute Gasteiger partial charge is 0.497 e. The second kappa shape index (κ2) is 6.40. The molecule has 0 unspecified atom stereocenters. The van der Waals surface area contributed by atoms with Gasteiger partial charge in [-0.1, -0.05) is 12.1 Å². The molecule has 0 aliphatic rings. The molecule has 0 saturated heterocycles. The van der Waals surface area contributed by atoms with Gasteiger partial charge in [-0.2, -0.15) is 0 Å². The summed E-state index contributed by atoms with van der Waals surface area (Å²) >= 11 is 0. The Labute approximate surface area is 90.2 Å². The van der Waals surface area contributed by atoms with Crippen LogP contribution < -0.4 is 16.2 Å². The average Bonchev–Trinajstić information content (AvgIpc) is 2.29. The van der Waals surface area contributed by atoms with E-state index in [9.17, 15) is 0 Å². The fourth-order valence-corrected chi connectivity index (χ4v) is 1.12. The molecule has 0 aromatic heterocycles. The lowest BCUT2D eigenvalue weighted by Gasteiger charge is -2.09. The second-order valence-corrected chi connectivity index (χ2v) is 3.36. The quantitative estimate of drug-likeness (QED) is 0.717.